The van der Waals surface area contributed by atoms with Crippen LogP contribution in [0, 0.1) is 0 Å². The second-order valence-electron chi connectivity index (χ2n) is 3.84. The predicted octanol–water partition coefficient (Wildman–Crippen LogP) is 0.284. The summed E-state index contributed by atoms with van der Waals surface area (Å²) >= 11 is 1.36. The van der Waals surface area contributed by atoms with Crippen LogP contribution in [0.4, 0.5) is 0 Å². The number of likely N-dealkylation sites (N-methyl/N-ethyl adjacent to an activating group) is 1. The third-order valence-electron chi connectivity index (χ3n) is 2.22. The molecule has 0 aliphatic carbocycles. The maximum atomic E-state index is 11.8. The van der Waals surface area contributed by atoms with Crippen molar-refractivity contribution in [3.63, 3.8) is 0 Å². The van der Waals surface area contributed by atoms with Gasteiger partial charge in [0.2, 0.25) is 5.91 Å². The number of nitrogens with one attached hydrogen (secondary N) is 1. The summed E-state index contributed by atoms with van der Waals surface area (Å²) in [4.78, 5) is 25.4. The van der Waals surface area contributed by atoms with Crippen LogP contribution < -0.4 is 11.1 Å². The number of hydrogen-bond acceptors (Lipinski definition) is 4. The molecule has 0 bridgehead atoms. The van der Waals surface area contributed by atoms with Gasteiger partial charge in [0.1, 0.15) is 0 Å². The van der Waals surface area contributed by atoms with Gasteiger partial charge in [-0.15, -0.1) is 11.3 Å². The van der Waals surface area contributed by atoms with Crippen molar-refractivity contribution in [2.24, 2.45) is 5.73 Å². The molecule has 0 spiro atoms. The molecule has 94 valence electrons. The Morgan fingerprint density at radius 2 is 2.29 bits per heavy atom. The Labute approximate surface area is 105 Å². The van der Waals surface area contributed by atoms with Crippen LogP contribution in [0.3, 0.4) is 0 Å². The predicted molar refractivity (Wildman–Crippen MR) is 67.9 cm³/mol. The number of amides is 2. The average molecular weight is 255 g/mol. The van der Waals surface area contributed by atoms with E-state index in [1.807, 2.05) is 18.4 Å². The number of carbonyl (C=O) groups is 2. The van der Waals surface area contributed by atoms with Crippen molar-refractivity contribution in [3.05, 3.63) is 22.4 Å². The number of rotatable bonds is 5. The zero-order valence-electron chi connectivity index (χ0n) is 9.97. The molecule has 0 unspecified atom stereocenters. The lowest BCUT2D eigenvalue weighted by Gasteiger charge is -2.17. The van der Waals surface area contributed by atoms with Crippen LogP contribution in [0.15, 0.2) is 17.5 Å². The number of carbonyl (C=O) groups excluding carboxylic acids is 2. The van der Waals surface area contributed by atoms with Crippen molar-refractivity contribution in [1.29, 1.82) is 0 Å². The van der Waals surface area contributed by atoms with E-state index in [2.05, 4.69) is 5.32 Å². The SMILES string of the molecule is C[C@@H](CN)NC(=O)CN(C)C(=O)c1cccs1. The zero-order valence-corrected chi connectivity index (χ0v) is 10.8. The summed E-state index contributed by atoms with van der Waals surface area (Å²) in [5.74, 6) is -0.342. The minimum atomic E-state index is -0.199. The van der Waals surface area contributed by atoms with Gasteiger partial charge in [0.05, 0.1) is 11.4 Å². The molecule has 0 aromatic carbocycles. The second-order valence-corrected chi connectivity index (χ2v) is 4.79. The van der Waals surface area contributed by atoms with Gasteiger partial charge in [-0.3, -0.25) is 9.59 Å². The first kappa shape index (κ1) is 13.7. The fourth-order valence-corrected chi connectivity index (χ4v) is 1.97. The summed E-state index contributed by atoms with van der Waals surface area (Å²) in [6, 6.07) is 3.47. The van der Waals surface area contributed by atoms with Gasteiger partial charge in [-0.05, 0) is 18.4 Å². The zero-order chi connectivity index (χ0) is 12.8. The Balaban J connectivity index is 2.46. The number of thiophene rings is 1. The molecule has 0 saturated heterocycles. The van der Waals surface area contributed by atoms with Crippen LogP contribution in [0.2, 0.25) is 0 Å². The van der Waals surface area contributed by atoms with Gasteiger partial charge in [-0.1, -0.05) is 6.07 Å². The van der Waals surface area contributed by atoms with Gasteiger partial charge in [0.15, 0.2) is 0 Å². The van der Waals surface area contributed by atoms with E-state index in [-0.39, 0.29) is 24.4 Å². The van der Waals surface area contributed by atoms with Crippen LogP contribution in [0.25, 0.3) is 0 Å². The van der Waals surface area contributed by atoms with Gasteiger partial charge >= 0.3 is 0 Å². The first-order valence-electron chi connectivity index (χ1n) is 5.33. The molecule has 5 nitrogen and oxygen atoms in total. The van der Waals surface area contributed by atoms with E-state index < -0.39 is 0 Å². The van der Waals surface area contributed by atoms with E-state index in [9.17, 15) is 9.59 Å². The van der Waals surface area contributed by atoms with Crippen molar-refractivity contribution in [2.45, 2.75) is 13.0 Å². The number of nitrogens with two attached hydrogens (primary N) is 1. The molecule has 6 heteroatoms. The molecule has 1 heterocycles. The third kappa shape index (κ3) is 4.16. The fourth-order valence-electron chi connectivity index (χ4n) is 1.25. The monoisotopic (exact) mass is 255 g/mol. The highest BCUT2D eigenvalue weighted by molar-refractivity contribution is 7.12. The molecule has 0 aliphatic heterocycles. The van der Waals surface area contributed by atoms with Crippen LogP contribution in [-0.4, -0.2) is 42.9 Å². The molecule has 17 heavy (non-hydrogen) atoms. The number of hydrogen-bond donors (Lipinski definition) is 2. The van der Waals surface area contributed by atoms with Crippen molar-refractivity contribution in [3.8, 4) is 0 Å². The smallest absolute Gasteiger partial charge is 0.264 e. The number of nitrogens with zero attached hydrogens (tertiary/aromatic N) is 1. The Hall–Kier alpha value is -1.40. The molecular weight excluding hydrogens is 238 g/mol. The van der Waals surface area contributed by atoms with E-state index in [0.29, 0.717) is 11.4 Å². The van der Waals surface area contributed by atoms with Crippen LogP contribution in [0.1, 0.15) is 16.6 Å². The van der Waals surface area contributed by atoms with E-state index in [1.54, 1.807) is 13.1 Å². The highest BCUT2D eigenvalue weighted by Gasteiger charge is 2.16. The third-order valence-corrected chi connectivity index (χ3v) is 3.08. The molecule has 1 aromatic heterocycles. The lowest BCUT2D eigenvalue weighted by molar-refractivity contribution is -0.122. The average Bonchev–Trinajstić information content (AvgIpc) is 2.80. The lowest BCUT2D eigenvalue weighted by atomic mass is 10.3. The largest absolute Gasteiger partial charge is 0.351 e. The van der Waals surface area contributed by atoms with Gasteiger partial charge in [-0.25, -0.2) is 0 Å². The maximum Gasteiger partial charge on any atom is 0.264 e. The van der Waals surface area contributed by atoms with Crippen LogP contribution in [-0.2, 0) is 4.79 Å². The van der Waals surface area contributed by atoms with E-state index in [4.69, 9.17) is 5.73 Å². The van der Waals surface area contributed by atoms with E-state index in [0.717, 1.165) is 0 Å². The maximum absolute atomic E-state index is 11.8. The first-order chi connectivity index (χ1) is 8.04. The summed E-state index contributed by atoms with van der Waals surface area (Å²) in [6.45, 7) is 2.24. The quantitative estimate of drug-likeness (QED) is 0.793. The summed E-state index contributed by atoms with van der Waals surface area (Å²) in [5.41, 5.74) is 5.39. The summed E-state index contributed by atoms with van der Waals surface area (Å²) in [6.07, 6.45) is 0. The van der Waals surface area contributed by atoms with Crippen molar-refractivity contribution in [1.82, 2.24) is 10.2 Å². The Morgan fingerprint density at radius 1 is 1.59 bits per heavy atom. The molecule has 0 aliphatic rings. The van der Waals surface area contributed by atoms with Crippen LogP contribution in [0.5, 0.6) is 0 Å². The van der Waals surface area contributed by atoms with Crippen molar-refractivity contribution < 1.29 is 9.59 Å². The van der Waals surface area contributed by atoms with Gasteiger partial charge in [0, 0.05) is 19.6 Å². The first-order valence-corrected chi connectivity index (χ1v) is 6.21. The Morgan fingerprint density at radius 3 is 2.82 bits per heavy atom. The van der Waals surface area contributed by atoms with Crippen molar-refractivity contribution >= 4 is 23.2 Å². The Bertz CT molecular complexity index is 378. The Kier molecular flexibility index (Phi) is 5.11. The molecule has 3 N–H and O–H groups in total. The standard InChI is InChI=1S/C11H17N3O2S/c1-8(6-12)13-10(15)7-14(2)11(16)9-4-3-5-17-9/h3-5,8H,6-7,12H2,1-2H3,(H,13,15)/t8-/m0/s1. The lowest BCUT2D eigenvalue weighted by Crippen LogP contribution is -2.44. The second kappa shape index (κ2) is 6.36. The van der Waals surface area contributed by atoms with Gasteiger partial charge in [0.25, 0.3) is 5.91 Å². The van der Waals surface area contributed by atoms with Gasteiger partial charge < -0.3 is 16.0 Å². The summed E-state index contributed by atoms with van der Waals surface area (Å²) in [7, 11) is 1.61. The molecule has 1 rings (SSSR count). The topological polar surface area (TPSA) is 75.4 Å². The summed E-state index contributed by atoms with van der Waals surface area (Å²) in [5, 5.41) is 4.54. The van der Waals surface area contributed by atoms with Gasteiger partial charge in [-0.2, -0.15) is 0 Å². The van der Waals surface area contributed by atoms with Crippen molar-refractivity contribution in [2.75, 3.05) is 20.1 Å². The van der Waals surface area contributed by atoms with E-state index in [1.165, 1.54) is 16.2 Å². The molecular formula is C11H17N3O2S. The molecule has 0 saturated carbocycles. The molecule has 0 radical (unpaired) electrons. The molecule has 1 aromatic rings. The van der Waals surface area contributed by atoms with Crippen LogP contribution >= 0.6 is 11.3 Å². The fraction of sp³-hybridized carbons (Fsp3) is 0.455. The molecule has 1 atom stereocenters. The minimum Gasteiger partial charge on any atom is -0.351 e. The normalized spacial score (nSPS) is 11.9. The molecule has 0 fully saturated rings. The summed E-state index contributed by atoms with van der Waals surface area (Å²) < 4.78 is 0. The minimum absolute atomic E-state index is 0.0427. The van der Waals surface area contributed by atoms with E-state index >= 15 is 0 Å². The highest BCUT2D eigenvalue weighted by Crippen LogP contribution is 2.10. The molecule has 2 amide bonds. The highest BCUT2D eigenvalue weighted by atomic mass is 32.1.